The van der Waals surface area contributed by atoms with Crippen molar-refractivity contribution in [3.8, 4) is 0 Å². The second-order valence-electron chi connectivity index (χ2n) is 1.64. The zero-order chi connectivity index (χ0) is 8.41. The molecule has 0 aromatic carbocycles. The standard InChI is InChI=1S/C4H4F4I2/c5-3(6,1-2-9)4(7,8)10/h1-2H2. The molecule has 0 atom stereocenters. The van der Waals surface area contributed by atoms with Gasteiger partial charge in [0.05, 0.1) is 0 Å². The molecule has 0 heterocycles. The van der Waals surface area contributed by atoms with Crippen LogP contribution in [0.3, 0.4) is 0 Å². The maximum Gasteiger partial charge on any atom is 0.358 e. The third-order valence-electron chi connectivity index (χ3n) is 0.823. The molecule has 0 aromatic heterocycles. The van der Waals surface area contributed by atoms with Crippen molar-refractivity contribution in [2.45, 2.75) is 16.3 Å². The second kappa shape index (κ2) is 3.72. The van der Waals surface area contributed by atoms with Gasteiger partial charge in [0.25, 0.3) is 0 Å². The molecule has 0 radical (unpaired) electrons. The largest absolute Gasteiger partial charge is 0.358 e. The molecular weight excluding hydrogens is 378 g/mol. The first-order valence-electron chi connectivity index (χ1n) is 2.32. The average Bonchev–Trinajstić information content (AvgIpc) is 1.61. The fourth-order valence-electron chi connectivity index (χ4n) is 0.260. The smallest absolute Gasteiger partial charge is 0.199 e. The van der Waals surface area contributed by atoms with Crippen molar-refractivity contribution in [2.75, 3.05) is 4.43 Å². The van der Waals surface area contributed by atoms with Crippen molar-refractivity contribution in [1.29, 1.82) is 0 Å². The van der Waals surface area contributed by atoms with E-state index in [-0.39, 0.29) is 4.43 Å². The van der Waals surface area contributed by atoms with Gasteiger partial charge in [-0.25, -0.2) is 0 Å². The average molecular weight is 382 g/mol. The first-order valence-corrected chi connectivity index (χ1v) is 4.92. The summed E-state index contributed by atoms with van der Waals surface area (Å²) < 4.78 is 44.3. The quantitative estimate of drug-likeness (QED) is 0.399. The summed E-state index contributed by atoms with van der Waals surface area (Å²) in [4.78, 5) is 0. The molecule has 0 aliphatic carbocycles. The van der Waals surface area contributed by atoms with Gasteiger partial charge < -0.3 is 0 Å². The molecule has 0 rings (SSSR count). The van der Waals surface area contributed by atoms with Gasteiger partial charge in [0.15, 0.2) is 0 Å². The van der Waals surface area contributed by atoms with Gasteiger partial charge in [-0.05, 0) is 0 Å². The molecule has 0 saturated heterocycles. The molecule has 0 aromatic rings. The summed E-state index contributed by atoms with van der Waals surface area (Å²) in [5.74, 6) is -3.87. The monoisotopic (exact) mass is 382 g/mol. The van der Waals surface area contributed by atoms with Crippen molar-refractivity contribution >= 4 is 45.2 Å². The minimum Gasteiger partial charge on any atom is -0.199 e. The molecule has 0 bridgehead atoms. The zero-order valence-corrected chi connectivity index (χ0v) is 9.00. The predicted molar refractivity (Wildman–Crippen MR) is 47.4 cm³/mol. The molecule has 0 unspecified atom stereocenters. The van der Waals surface area contributed by atoms with Crippen LogP contribution in [0.25, 0.3) is 0 Å². The molecule has 0 amide bonds. The molecular formula is C4H4F4I2. The van der Waals surface area contributed by atoms with Crippen LogP contribution in [0.15, 0.2) is 0 Å². The van der Waals surface area contributed by atoms with Crippen LogP contribution >= 0.6 is 45.2 Å². The van der Waals surface area contributed by atoms with Gasteiger partial charge in [-0.2, -0.15) is 17.6 Å². The minimum absolute atomic E-state index is 0.0311. The summed E-state index contributed by atoms with van der Waals surface area (Å²) in [6.07, 6.45) is -0.774. The van der Waals surface area contributed by atoms with E-state index < -0.39 is 16.3 Å². The van der Waals surface area contributed by atoms with E-state index >= 15 is 0 Å². The highest BCUT2D eigenvalue weighted by Gasteiger charge is 2.53. The molecule has 0 aliphatic heterocycles. The highest BCUT2D eigenvalue weighted by molar-refractivity contribution is 14.1. The summed E-state index contributed by atoms with van der Waals surface area (Å²) in [5.41, 5.74) is 0. The van der Waals surface area contributed by atoms with Crippen LogP contribution in [0.5, 0.6) is 0 Å². The fraction of sp³-hybridized carbons (Fsp3) is 1.00. The molecule has 6 heteroatoms. The lowest BCUT2D eigenvalue weighted by molar-refractivity contribution is -0.140. The normalized spacial score (nSPS) is 13.8. The summed E-state index contributed by atoms with van der Waals surface area (Å²) in [6.45, 7) is 0. The highest BCUT2D eigenvalue weighted by atomic mass is 127. The van der Waals surface area contributed by atoms with E-state index in [1.807, 2.05) is 0 Å². The Hall–Kier alpha value is 1.18. The van der Waals surface area contributed by atoms with Crippen molar-refractivity contribution in [1.82, 2.24) is 0 Å². The van der Waals surface area contributed by atoms with E-state index in [0.717, 1.165) is 0 Å². The zero-order valence-electron chi connectivity index (χ0n) is 4.68. The van der Waals surface area contributed by atoms with Crippen LogP contribution in [-0.2, 0) is 0 Å². The van der Waals surface area contributed by atoms with Gasteiger partial charge in [0, 0.05) is 33.4 Å². The molecule has 0 fully saturated rings. The van der Waals surface area contributed by atoms with E-state index in [1.54, 1.807) is 22.6 Å². The molecule has 0 spiro atoms. The maximum absolute atomic E-state index is 12.2. The van der Waals surface area contributed by atoms with E-state index in [0.29, 0.717) is 22.6 Å². The van der Waals surface area contributed by atoms with Crippen LogP contribution < -0.4 is 0 Å². The molecule has 0 nitrogen and oxygen atoms in total. The van der Waals surface area contributed by atoms with Gasteiger partial charge in [-0.15, -0.1) is 0 Å². The Bertz CT molecular complexity index is 108. The van der Waals surface area contributed by atoms with E-state index in [1.165, 1.54) is 0 Å². The number of alkyl halides is 6. The van der Waals surface area contributed by atoms with Gasteiger partial charge in [0.2, 0.25) is 0 Å². The van der Waals surface area contributed by atoms with Crippen molar-refractivity contribution in [3.05, 3.63) is 0 Å². The summed E-state index contributed by atoms with van der Waals surface area (Å²) in [7, 11) is 0. The second-order valence-corrected chi connectivity index (χ2v) is 4.07. The maximum atomic E-state index is 12.2. The summed E-state index contributed by atoms with van der Waals surface area (Å²) in [5, 5.41) is 0. The first-order chi connectivity index (χ1) is 4.31. The number of rotatable bonds is 3. The Morgan fingerprint density at radius 2 is 1.50 bits per heavy atom. The Morgan fingerprint density at radius 1 is 1.10 bits per heavy atom. The Balaban J connectivity index is 4.10. The third-order valence-corrected chi connectivity index (χ3v) is 2.15. The Labute approximate surface area is 83.0 Å². The van der Waals surface area contributed by atoms with Crippen LogP contribution in [0.4, 0.5) is 17.6 Å². The number of hydrogen-bond acceptors (Lipinski definition) is 0. The number of halogens is 6. The third kappa shape index (κ3) is 3.05. The SMILES string of the molecule is FC(F)(I)C(F)(F)CCI. The van der Waals surface area contributed by atoms with E-state index in [2.05, 4.69) is 0 Å². The molecule has 62 valence electrons. The first kappa shape index (κ1) is 11.2. The Kier molecular flexibility index (Phi) is 4.16. The topological polar surface area (TPSA) is 0 Å². The van der Waals surface area contributed by atoms with E-state index in [4.69, 9.17) is 0 Å². The van der Waals surface area contributed by atoms with Crippen LogP contribution in [-0.4, -0.2) is 14.3 Å². The molecule has 10 heavy (non-hydrogen) atoms. The molecule has 0 N–H and O–H groups in total. The fourth-order valence-corrected chi connectivity index (χ4v) is 1.21. The van der Waals surface area contributed by atoms with Crippen molar-refractivity contribution in [3.63, 3.8) is 0 Å². The van der Waals surface area contributed by atoms with Crippen LogP contribution in [0.1, 0.15) is 6.42 Å². The highest BCUT2D eigenvalue weighted by Crippen LogP contribution is 2.42. The predicted octanol–water partition coefficient (Wildman–Crippen LogP) is 3.47. The van der Waals surface area contributed by atoms with E-state index in [9.17, 15) is 17.6 Å². The van der Waals surface area contributed by atoms with Crippen molar-refractivity contribution in [2.24, 2.45) is 0 Å². The molecule has 0 saturated carbocycles. The summed E-state index contributed by atoms with van der Waals surface area (Å²) >= 11 is 2.09. The summed E-state index contributed by atoms with van der Waals surface area (Å²) in [6, 6.07) is 0. The minimum atomic E-state index is -3.92. The van der Waals surface area contributed by atoms with Gasteiger partial charge in [-0.1, -0.05) is 22.6 Å². The number of hydrogen-bond donors (Lipinski definition) is 0. The lowest BCUT2D eigenvalue weighted by atomic mass is 10.3. The van der Waals surface area contributed by atoms with Crippen LogP contribution in [0, 0.1) is 0 Å². The van der Waals surface area contributed by atoms with Gasteiger partial charge in [-0.3, -0.25) is 0 Å². The molecule has 0 aliphatic rings. The van der Waals surface area contributed by atoms with Crippen molar-refractivity contribution < 1.29 is 17.6 Å². The lowest BCUT2D eigenvalue weighted by Crippen LogP contribution is -2.34. The van der Waals surface area contributed by atoms with Crippen LogP contribution in [0.2, 0.25) is 0 Å². The lowest BCUT2D eigenvalue weighted by Gasteiger charge is -2.19. The Morgan fingerprint density at radius 3 is 1.60 bits per heavy atom. The van der Waals surface area contributed by atoms with Gasteiger partial charge in [0.1, 0.15) is 0 Å². The van der Waals surface area contributed by atoms with Gasteiger partial charge >= 0.3 is 9.85 Å².